The van der Waals surface area contributed by atoms with Gasteiger partial charge in [0, 0.05) is 6.42 Å². The highest BCUT2D eigenvalue weighted by atomic mass is 35.5. The number of alkyl halides is 2. The molecule has 0 heterocycles. The molecule has 1 aliphatic rings. The molecule has 0 spiro atoms. The van der Waals surface area contributed by atoms with Crippen LogP contribution in [0.2, 0.25) is 0 Å². The molecule has 0 saturated heterocycles. The molecule has 0 aromatic heterocycles. The van der Waals surface area contributed by atoms with Crippen LogP contribution in [0, 0.1) is 6.42 Å². The average molecular weight is 93.5 g/mol. The maximum atomic E-state index is 11.3. The van der Waals surface area contributed by atoms with Crippen LogP contribution in [-0.2, 0) is 0 Å². The van der Waals surface area contributed by atoms with Gasteiger partial charge >= 0.3 is 0 Å². The van der Waals surface area contributed by atoms with E-state index in [0.717, 1.165) is 0 Å². The molecule has 1 aliphatic carbocycles. The van der Waals surface area contributed by atoms with Gasteiger partial charge in [-0.05, 0) is 0 Å². The Morgan fingerprint density at radius 3 is 2.00 bits per heavy atom. The molecular formula is C3H3ClF. The Balaban J connectivity index is 2.20. The van der Waals surface area contributed by atoms with Crippen LogP contribution in [0.5, 0.6) is 0 Å². The zero-order valence-corrected chi connectivity index (χ0v) is 3.24. The first kappa shape index (κ1) is 3.41. The van der Waals surface area contributed by atoms with Gasteiger partial charge in [-0.1, -0.05) is 0 Å². The third-order valence-electron chi connectivity index (χ3n) is 0.531. The van der Waals surface area contributed by atoms with Crippen molar-refractivity contribution >= 4 is 11.6 Å². The van der Waals surface area contributed by atoms with Crippen molar-refractivity contribution in [2.45, 2.75) is 11.5 Å². The number of hydrogen-bond donors (Lipinski definition) is 0. The van der Waals surface area contributed by atoms with Crippen molar-refractivity contribution in [2.75, 3.05) is 0 Å². The lowest BCUT2D eigenvalue weighted by atomic mass is 10.9. The van der Waals surface area contributed by atoms with Crippen LogP contribution < -0.4 is 0 Å². The van der Waals surface area contributed by atoms with Crippen molar-refractivity contribution in [3.05, 3.63) is 6.42 Å². The molecule has 0 amide bonds. The van der Waals surface area contributed by atoms with Crippen molar-refractivity contribution in [2.24, 2.45) is 0 Å². The minimum absolute atomic E-state index is 0.269. The summed E-state index contributed by atoms with van der Waals surface area (Å²) in [5.41, 5.74) is 0. The fourth-order valence-corrected chi connectivity index (χ4v) is 0.250. The van der Waals surface area contributed by atoms with Crippen LogP contribution in [0.4, 0.5) is 4.39 Å². The molecule has 0 aliphatic heterocycles. The molecule has 1 rings (SSSR count). The first-order chi connectivity index (χ1) is 2.30. The second kappa shape index (κ2) is 0.839. The molecule has 1 saturated carbocycles. The van der Waals surface area contributed by atoms with E-state index in [1.165, 1.54) is 6.42 Å². The lowest BCUT2D eigenvalue weighted by Crippen LogP contribution is -1.66. The zero-order chi connectivity index (χ0) is 3.86. The van der Waals surface area contributed by atoms with Crippen LogP contribution in [0.1, 0.15) is 0 Å². The van der Waals surface area contributed by atoms with Crippen molar-refractivity contribution in [1.29, 1.82) is 0 Å². The van der Waals surface area contributed by atoms with Crippen molar-refractivity contribution in [3.63, 3.8) is 0 Å². The van der Waals surface area contributed by atoms with Gasteiger partial charge in [0.2, 0.25) is 0 Å². The maximum Gasteiger partial charge on any atom is 0.122 e. The topological polar surface area (TPSA) is 0 Å². The molecule has 5 heavy (non-hydrogen) atoms. The third kappa shape index (κ3) is 0.538. The van der Waals surface area contributed by atoms with Crippen LogP contribution in [-0.4, -0.2) is 11.5 Å². The predicted molar refractivity (Wildman–Crippen MR) is 18.8 cm³/mol. The van der Waals surface area contributed by atoms with Crippen molar-refractivity contribution in [3.8, 4) is 0 Å². The Hall–Kier alpha value is 0.220. The summed E-state index contributed by atoms with van der Waals surface area (Å²) in [7, 11) is 0. The van der Waals surface area contributed by atoms with E-state index in [1.807, 2.05) is 0 Å². The summed E-state index contributed by atoms with van der Waals surface area (Å²) in [5.74, 6) is 0. The maximum absolute atomic E-state index is 11.3. The van der Waals surface area contributed by atoms with E-state index in [0.29, 0.717) is 0 Å². The van der Waals surface area contributed by atoms with Gasteiger partial charge in [-0.25, -0.2) is 4.39 Å². The molecule has 2 unspecified atom stereocenters. The summed E-state index contributed by atoms with van der Waals surface area (Å²) in [5, 5.41) is -0.269. The smallest absolute Gasteiger partial charge is 0.122 e. The molecule has 0 nitrogen and oxygen atoms in total. The third-order valence-corrected chi connectivity index (χ3v) is 0.917. The molecule has 1 fully saturated rings. The summed E-state index contributed by atoms with van der Waals surface area (Å²) >= 11 is 5.11. The van der Waals surface area contributed by atoms with Crippen LogP contribution in [0.3, 0.4) is 0 Å². The highest BCUT2D eigenvalue weighted by molar-refractivity contribution is 6.24. The largest absolute Gasteiger partial charge is 0.245 e. The quantitative estimate of drug-likeness (QED) is 0.394. The van der Waals surface area contributed by atoms with Crippen LogP contribution >= 0.6 is 11.6 Å². The van der Waals surface area contributed by atoms with Gasteiger partial charge in [0.25, 0.3) is 0 Å². The molecule has 2 atom stereocenters. The van der Waals surface area contributed by atoms with E-state index in [-0.39, 0.29) is 5.38 Å². The minimum Gasteiger partial charge on any atom is -0.245 e. The molecule has 0 N–H and O–H groups in total. The van der Waals surface area contributed by atoms with Crippen molar-refractivity contribution in [1.82, 2.24) is 0 Å². The van der Waals surface area contributed by atoms with Gasteiger partial charge in [-0.2, -0.15) is 0 Å². The van der Waals surface area contributed by atoms with Crippen LogP contribution in [0.15, 0.2) is 0 Å². The van der Waals surface area contributed by atoms with Gasteiger partial charge in [-0.15, -0.1) is 11.6 Å². The molecular weight excluding hydrogens is 90.5 g/mol. The van der Waals surface area contributed by atoms with Crippen LogP contribution in [0.25, 0.3) is 0 Å². The SMILES string of the molecule is FC1[CH]C1Cl. The van der Waals surface area contributed by atoms with Gasteiger partial charge < -0.3 is 0 Å². The van der Waals surface area contributed by atoms with E-state index >= 15 is 0 Å². The summed E-state index contributed by atoms with van der Waals surface area (Å²) in [6.07, 6.45) is 0.623. The summed E-state index contributed by atoms with van der Waals surface area (Å²) < 4.78 is 11.3. The van der Waals surface area contributed by atoms with E-state index in [4.69, 9.17) is 11.6 Å². The van der Waals surface area contributed by atoms with Crippen molar-refractivity contribution < 1.29 is 4.39 Å². The Bertz CT molecular complexity index is 40.2. The minimum atomic E-state index is -0.809. The van der Waals surface area contributed by atoms with Gasteiger partial charge in [-0.3, -0.25) is 0 Å². The predicted octanol–water partition coefficient (Wildman–Crippen LogP) is 1.15. The number of rotatable bonds is 0. The lowest BCUT2D eigenvalue weighted by molar-refractivity contribution is 0.496. The van der Waals surface area contributed by atoms with E-state index in [1.54, 1.807) is 0 Å². The Kier molecular flexibility index (Phi) is 0.573. The lowest BCUT2D eigenvalue weighted by Gasteiger charge is -1.61. The summed E-state index contributed by atoms with van der Waals surface area (Å²) in [6.45, 7) is 0. The molecule has 29 valence electrons. The second-order valence-electron chi connectivity index (χ2n) is 1.08. The Morgan fingerprint density at radius 2 is 2.00 bits per heavy atom. The fourth-order valence-electron chi connectivity index (χ4n) is 0.111. The first-order valence-corrected chi connectivity index (χ1v) is 1.87. The number of hydrogen-bond acceptors (Lipinski definition) is 0. The standard InChI is InChI=1S/C3H3ClF/c4-2-1-3(2)5/h1-3H. The molecule has 2 heteroatoms. The van der Waals surface area contributed by atoms with E-state index in [2.05, 4.69) is 0 Å². The average Bonchev–Trinajstić information content (AvgIpc) is 1.79. The molecule has 1 radical (unpaired) electrons. The van der Waals surface area contributed by atoms with E-state index < -0.39 is 6.17 Å². The summed E-state index contributed by atoms with van der Waals surface area (Å²) in [4.78, 5) is 0. The Labute approximate surface area is 34.9 Å². The molecule has 0 bridgehead atoms. The number of halogens is 2. The monoisotopic (exact) mass is 93.0 g/mol. The van der Waals surface area contributed by atoms with Gasteiger partial charge in [0.1, 0.15) is 6.17 Å². The highest BCUT2D eigenvalue weighted by Crippen LogP contribution is 2.29. The van der Waals surface area contributed by atoms with Gasteiger partial charge in [0.05, 0.1) is 5.38 Å². The molecule has 0 aromatic rings. The zero-order valence-electron chi connectivity index (χ0n) is 2.49. The second-order valence-corrected chi connectivity index (χ2v) is 1.59. The highest BCUT2D eigenvalue weighted by Gasteiger charge is 2.35. The molecule has 0 aromatic carbocycles. The fraction of sp³-hybridized carbons (Fsp3) is 0.667. The van der Waals surface area contributed by atoms with E-state index in [9.17, 15) is 4.39 Å². The first-order valence-electron chi connectivity index (χ1n) is 1.44. The normalized spacial score (nSPS) is 49.2. The summed E-state index contributed by atoms with van der Waals surface area (Å²) in [6, 6.07) is 0. The van der Waals surface area contributed by atoms with Gasteiger partial charge in [0.15, 0.2) is 0 Å². The Morgan fingerprint density at radius 1 is 1.80 bits per heavy atom.